The monoisotopic (exact) mass is 265 g/mol. The minimum Gasteiger partial charge on any atom is -0.348 e. The summed E-state index contributed by atoms with van der Waals surface area (Å²) in [5, 5.41) is 10.8. The maximum atomic E-state index is 12.1. The molecule has 1 aliphatic carbocycles. The largest absolute Gasteiger partial charge is 0.348 e. The molecular formula is C13H23N5O. The number of amides is 1. The van der Waals surface area contributed by atoms with Crippen molar-refractivity contribution in [2.24, 2.45) is 17.6 Å². The van der Waals surface area contributed by atoms with Crippen molar-refractivity contribution in [2.75, 3.05) is 6.54 Å². The average molecular weight is 265 g/mol. The lowest BCUT2D eigenvalue weighted by molar-refractivity contribution is 0.0921. The molecule has 3 atom stereocenters. The standard InChI is InChI=1S/C13H23N5O/c1-3-10-4-5-11(9(10)2)15-13(19)12-8-18(7-6-14)17-16-12/h8-11H,3-7,14H2,1-2H3,(H,15,19). The zero-order valence-corrected chi connectivity index (χ0v) is 11.7. The van der Waals surface area contributed by atoms with Gasteiger partial charge >= 0.3 is 0 Å². The van der Waals surface area contributed by atoms with E-state index in [0.29, 0.717) is 24.7 Å². The summed E-state index contributed by atoms with van der Waals surface area (Å²) >= 11 is 0. The summed E-state index contributed by atoms with van der Waals surface area (Å²) in [6.07, 6.45) is 5.09. The quantitative estimate of drug-likeness (QED) is 0.824. The first-order valence-corrected chi connectivity index (χ1v) is 7.06. The lowest BCUT2D eigenvalue weighted by Crippen LogP contribution is -2.37. The second-order valence-electron chi connectivity index (χ2n) is 5.34. The summed E-state index contributed by atoms with van der Waals surface area (Å²) < 4.78 is 1.60. The molecule has 0 saturated heterocycles. The smallest absolute Gasteiger partial charge is 0.273 e. The Morgan fingerprint density at radius 3 is 3.00 bits per heavy atom. The molecule has 1 fully saturated rings. The van der Waals surface area contributed by atoms with Crippen LogP contribution in [0.3, 0.4) is 0 Å². The van der Waals surface area contributed by atoms with E-state index < -0.39 is 0 Å². The number of carbonyl (C=O) groups excluding carboxylic acids is 1. The number of aromatic nitrogens is 3. The Kier molecular flexibility index (Phi) is 4.52. The van der Waals surface area contributed by atoms with Gasteiger partial charge in [-0.3, -0.25) is 9.48 Å². The molecule has 3 unspecified atom stereocenters. The number of rotatable bonds is 5. The first-order chi connectivity index (χ1) is 9.15. The zero-order chi connectivity index (χ0) is 13.8. The highest BCUT2D eigenvalue weighted by Gasteiger charge is 2.32. The average Bonchev–Trinajstić information content (AvgIpc) is 2.98. The van der Waals surface area contributed by atoms with E-state index in [1.807, 2.05) is 0 Å². The van der Waals surface area contributed by atoms with E-state index in [2.05, 4.69) is 29.5 Å². The van der Waals surface area contributed by atoms with Gasteiger partial charge in [0.2, 0.25) is 0 Å². The Morgan fingerprint density at radius 2 is 2.37 bits per heavy atom. The summed E-state index contributed by atoms with van der Waals surface area (Å²) in [6.45, 7) is 5.50. The fourth-order valence-corrected chi connectivity index (χ4v) is 2.91. The van der Waals surface area contributed by atoms with Crippen LogP contribution in [0.25, 0.3) is 0 Å². The Morgan fingerprint density at radius 1 is 1.58 bits per heavy atom. The van der Waals surface area contributed by atoms with Crippen LogP contribution in [0.5, 0.6) is 0 Å². The molecule has 1 amide bonds. The summed E-state index contributed by atoms with van der Waals surface area (Å²) in [6, 6.07) is 0.261. The maximum Gasteiger partial charge on any atom is 0.273 e. The minimum atomic E-state index is -0.128. The molecule has 1 aromatic heterocycles. The van der Waals surface area contributed by atoms with Crippen LogP contribution in [0.15, 0.2) is 6.20 Å². The van der Waals surface area contributed by atoms with Gasteiger partial charge in [0.15, 0.2) is 5.69 Å². The molecule has 6 nitrogen and oxygen atoms in total. The van der Waals surface area contributed by atoms with Crippen molar-refractivity contribution in [3.8, 4) is 0 Å². The molecule has 0 aliphatic heterocycles. The van der Waals surface area contributed by atoms with Gasteiger partial charge in [0.05, 0.1) is 12.7 Å². The van der Waals surface area contributed by atoms with Crippen LogP contribution in [0.4, 0.5) is 0 Å². The topological polar surface area (TPSA) is 85.8 Å². The van der Waals surface area contributed by atoms with Crippen molar-refractivity contribution in [3.05, 3.63) is 11.9 Å². The molecule has 1 aliphatic rings. The third-order valence-corrected chi connectivity index (χ3v) is 4.20. The van der Waals surface area contributed by atoms with Crippen molar-refractivity contribution >= 4 is 5.91 Å². The second kappa shape index (κ2) is 6.14. The Hall–Kier alpha value is -1.43. The number of hydrogen-bond donors (Lipinski definition) is 2. The molecule has 6 heteroatoms. The maximum absolute atomic E-state index is 12.1. The van der Waals surface area contributed by atoms with Gasteiger partial charge in [0, 0.05) is 12.6 Å². The first-order valence-electron chi connectivity index (χ1n) is 7.06. The highest BCUT2D eigenvalue weighted by molar-refractivity contribution is 5.92. The molecule has 1 heterocycles. The van der Waals surface area contributed by atoms with E-state index in [-0.39, 0.29) is 11.9 Å². The molecule has 3 N–H and O–H groups in total. The molecule has 0 bridgehead atoms. The summed E-state index contributed by atoms with van der Waals surface area (Å²) in [7, 11) is 0. The Bertz CT molecular complexity index is 430. The molecule has 0 radical (unpaired) electrons. The van der Waals surface area contributed by atoms with Gasteiger partial charge in [-0.25, -0.2) is 0 Å². The van der Waals surface area contributed by atoms with E-state index in [9.17, 15) is 4.79 Å². The van der Waals surface area contributed by atoms with Gasteiger partial charge in [-0.15, -0.1) is 5.10 Å². The fourth-order valence-electron chi connectivity index (χ4n) is 2.91. The van der Waals surface area contributed by atoms with E-state index >= 15 is 0 Å². The molecule has 19 heavy (non-hydrogen) atoms. The highest BCUT2D eigenvalue weighted by atomic mass is 16.2. The fraction of sp³-hybridized carbons (Fsp3) is 0.769. The number of nitrogens with two attached hydrogens (primary N) is 1. The van der Waals surface area contributed by atoms with E-state index in [1.165, 1.54) is 12.8 Å². The third kappa shape index (κ3) is 3.12. The molecular weight excluding hydrogens is 242 g/mol. The lowest BCUT2D eigenvalue weighted by Gasteiger charge is -2.20. The summed E-state index contributed by atoms with van der Waals surface area (Å²) in [5.41, 5.74) is 5.81. The van der Waals surface area contributed by atoms with Gasteiger partial charge in [-0.2, -0.15) is 0 Å². The molecule has 0 spiro atoms. The predicted molar refractivity (Wildman–Crippen MR) is 72.5 cm³/mol. The van der Waals surface area contributed by atoms with Crippen LogP contribution in [0.1, 0.15) is 43.6 Å². The highest BCUT2D eigenvalue weighted by Crippen LogP contribution is 2.33. The van der Waals surface area contributed by atoms with E-state index in [1.54, 1.807) is 10.9 Å². The van der Waals surface area contributed by atoms with Crippen molar-refractivity contribution < 1.29 is 4.79 Å². The zero-order valence-electron chi connectivity index (χ0n) is 11.7. The lowest BCUT2D eigenvalue weighted by atomic mass is 9.93. The van der Waals surface area contributed by atoms with E-state index in [4.69, 9.17) is 5.73 Å². The third-order valence-electron chi connectivity index (χ3n) is 4.20. The molecule has 106 valence electrons. The number of carbonyl (C=O) groups is 1. The van der Waals surface area contributed by atoms with Crippen molar-refractivity contribution in [1.29, 1.82) is 0 Å². The summed E-state index contributed by atoms with van der Waals surface area (Å²) in [4.78, 5) is 12.1. The van der Waals surface area contributed by atoms with Crippen LogP contribution in [0.2, 0.25) is 0 Å². The molecule has 1 saturated carbocycles. The molecule has 0 aromatic carbocycles. The van der Waals surface area contributed by atoms with Gasteiger partial charge in [-0.05, 0) is 24.7 Å². The number of nitrogens with zero attached hydrogens (tertiary/aromatic N) is 3. The van der Waals surface area contributed by atoms with Crippen molar-refractivity contribution in [2.45, 2.75) is 45.7 Å². The number of hydrogen-bond acceptors (Lipinski definition) is 4. The van der Waals surface area contributed by atoms with Crippen LogP contribution in [0, 0.1) is 11.8 Å². The first kappa shape index (κ1) is 14.0. The van der Waals surface area contributed by atoms with Crippen molar-refractivity contribution in [3.63, 3.8) is 0 Å². The van der Waals surface area contributed by atoms with Crippen LogP contribution < -0.4 is 11.1 Å². The van der Waals surface area contributed by atoms with Gasteiger partial charge < -0.3 is 11.1 Å². The minimum absolute atomic E-state index is 0.128. The van der Waals surface area contributed by atoms with Gasteiger partial charge in [0.25, 0.3) is 5.91 Å². The Labute approximate surface area is 113 Å². The van der Waals surface area contributed by atoms with Gasteiger partial charge in [0.1, 0.15) is 0 Å². The molecule has 1 aromatic rings. The summed E-state index contributed by atoms with van der Waals surface area (Å²) in [5.74, 6) is 1.13. The normalized spacial score (nSPS) is 26.6. The van der Waals surface area contributed by atoms with Crippen LogP contribution in [-0.2, 0) is 6.54 Å². The van der Waals surface area contributed by atoms with Crippen LogP contribution >= 0.6 is 0 Å². The van der Waals surface area contributed by atoms with Gasteiger partial charge in [-0.1, -0.05) is 25.5 Å². The van der Waals surface area contributed by atoms with Crippen molar-refractivity contribution in [1.82, 2.24) is 20.3 Å². The number of nitrogens with one attached hydrogen (secondary N) is 1. The predicted octanol–water partition coefficient (Wildman–Crippen LogP) is 0.791. The van der Waals surface area contributed by atoms with E-state index in [0.717, 1.165) is 12.3 Å². The SMILES string of the molecule is CCC1CCC(NC(=O)c2cn(CCN)nn2)C1C. The Balaban J connectivity index is 1.93. The second-order valence-corrected chi connectivity index (χ2v) is 5.34. The van der Waals surface area contributed by atoms with Crippen LogP contribution in [-0.4, -0.2) is 33.5 Å². The molecule has 2 rings (SSSR count).